The van der Waals surface area contributed by atoms with Crippen LogP contribution >= 0.6 is 0 Å². The van der Waals surface area contributed by atoms with E-state index in [1.165, 1.54) is 0 Å². The summed E-state index contributed by atoms with van der Waals surface area (Å²) in [6, 6.07) is 38.5. The minimum atomic E-state index is -2.35. The third kappa shape index (κ3) is 8.82. The van der Waals surface area contributed by atoms with E-state index < -0.39 is 20.1 Å². The zero-order chi connectivity index (χ0) is 43.3. The van der Waals surface area contributed by atoms with Crippen molar-refractivity contribution in [1.29, 1.82) is 0 Å². The largest absolute Gasteiger partial charge is 0.497 e. The first kappa shape index (κ1) is 42.6. The molecule has 11 nitrogen and oxygen atoms in total. The summed E-state index contributed by atoms with van der Waals surface area (Å²) in [4.78, 5) is 14.7. The Labute approximate surface area is 364 Å². The highest BCUT2D eigenvalue weighted by Gasteiger charge is 2.48. The Bertz CT molecular complexity index is 2510. The Morgan fingerprint density at radius 3 is 2.02 bits per heavy atom. The smallest absolute Gasteiger partial charge is 0.207 e. The van der Waals surface area contributed by atoms with Crippen LogP contribution in [0.3, 0.4) is 0 Å². The number of anilines is 1. The summed E-state index contributed by atoms with van der Waals surface area (Å²) in [5.74, 6) is 2.09. The molecule has 0 bridgehead atoms. The minimum Gasteiger partial charge on any atom is -0.497 e. The molecule has 3 atom stereocenters. The Kier molecular flexibility index (Phi) is 12.5. The number of methoxy groups -OCH3 is 2. The molecule has 1 aliphatic rings. The van der Waals surface area contributed by atoms with Crippen molar-refractivity contribution in [2.24, 2.45) is 0 Å². The first-order valence-electron chi connectivity index (χ1n) is 21.0. The fourth-order valence-corrected chi connectivity index (χ4v) is 9.05. The fraction of sp³-hybridized carbons (Fsp3) is 0.300. The maximum atomic E-state index is 7.40. The molecule has 0 aliphatic carbocycles. The maximum Gasteiger partial charge on any atom is 0.207 e. The van der Waals surface area contributed by atoms with Gasteiger partial charge >= 0.3 is 0 Å². The van der Waals surface area contributed by atoms with Gasteiger partial charge in [-0.15, -0.1) is 0 Å². The zero-order valence-corrected chi connectivity index (χ0v) is 37.4. The number of nitrogens with zero attached hydrogens (tertiary/aromatic N) is 4. The lowest BCUT2D eigenvalue weighted by Gasteiger charge is -2.39. The Hall–Kier alpha value is -6.05. The van der Waals surface area contributed by atoms with Crippen LogP contribution in [0.15, 0.2) is 139 Å². The van der Waals surface area contributed by atoms with Gasteiger partial charge in [-0.05, 0) is 76.8 Å². The van der Waals surface area contributed by atoms with Crippen LogP contribution in [0.1, 0.15) is 66.9 Å². The average molecular weight is 850 g/mol. The van der Waals surface area contributed by atoms with Crippen LogP contribution in [0.4, 0.5) is 5.95 Å². The first-order valence-corrected chi connectivity index (χ1v) is 23.9. The summed E-state index contributed by atoms with van der Waals surface area (Å²) in [5, 5.41) is 3.51. The molecule has 12 heteroatoms. The lowest BCUT2D eigenvalue weighted by atomic mass is 9.80. The van der Waals surface area contributed by atoms with Gasteiger partial charge in [0.15, 0.2) is 20.2 Å². The molecule has 4 heterocycles. The number of hydrogen-bond acceptors (Lipinski definition) is 10. The molecule has 1 saturated heterocycles. The normalized spacial score (nSPS) is 17.2. The summed E-state index contributed by atoms with van der Waals surface area (Å²) in [7, 11) is 0.992. The molecule has 0 radical (unpaired) electrons. The van der Waals surface area contributed by atoms with E-state index >= 15 is 0 Å². The molecular formula is C50H55N5O6Si. The SMILES string of the molecule is COc1ccc(C(OC[C@H]2C[C@@H](O[Si](C)(C)C(C)(C)C)[C@H](n3c(NCc4ccoc4)nc4c(/C=C/c5ccccc5)ncnc43)O2)(c2ccccc2)c2ccc(OC)cc2)cc1. The van der Waals surface area contributed by atoms with Gasteiger partial charge in [0, 0.05) is 18.5 Å². The highest BCUT2D eigenvalue weighted by molar-refractivity contribution is 6.74. The monoisotopic (exact) mass is 849 g/mol. The third-order valence-electron chi connectivity index (χ3n) is 12.1. The van der Waals surface area contributed by atoms with E-state index in [0.717, 1.165) is 39.3 Å². The molecule has 4 aromatic carbocycles. The molecule has 62 heavy (non-hydrogen) atoms. The zero-order valence-electron chi connectivity index (χ0n) is 36.4. The van der Waals surface area contributed by atoms with Gasteiger partial charge in [0.25, 0.3) is 0 Å². The Morgan fingerprint density at radius 1 is 0.790 bits per heavy atom. The Morgan fingerprint density at radius 2 is 1.42 bits per heavy atom. The lowest BCUT2D eigenvalue weighted by molar-refractivity contribution is -0.0835. The average Bonchev–Trinajstić information content (AvgIpc) is 4.05. The summed E-state index contributed by atoms with van der Waals surface area (Å²) < 4.78 is 40.6. The van der Waals surface area contributed by atoms with E-state index in [2.05, 4.69) is 92.7 Å². The summed E-state index contributed by atoms with van der Waals surface area (Å²) >= 11 is 0. The van der Waals surface area contributed by atoms with E-state index in [0.29, 0.717) is 35.8 Å². The van der Waals surface area contributed by atoms with Gasteiger partial charge in [-0.25, -0.2) is 15.0 Å². The van der Waals surface area contributed by atoms with E-state index in [-0.39, 0.29) is 23.9 Å². The van der Waals surface area contributed by atoms with Crippen molar-refractivity contribution >= 4 is 37.6 Å². The topological polar surface area (TPSA) is 115 Å². The van der Waals surface area contributed by atoms with Crippen LogP contribution in [0.2, 0.25) is 18.1 Å². The number of nitrogens with one attached hydrogen (secondary N) is 1. The molecule has 0 unspecified atom stereocenters. The highest BCUT2D eigenvalue weighted by atomic mass is 28.4. The van der Waals surface area contributed by atoms with Gasteiger partial charge in [0.05, 0.1) is 51.3 Å². The van der Waals surface area contributed by atoms with Gasteiger partial charge in [-0.2, -0.15) is 0 Å². The van der Waals surface area contributed by atoms with Crippen LogP contribution < -0.4 is 14.8 Å². The fourth-order valence-electron chi connectivity index (χ4n) is 7.73. The van der Waals surface area contributed by atoms with Crippen molar-refractivity contribution in [1.82, 2.24) is 19.5 Å². The van der Waals surface area contributed by atoms with Gasteiger partial charge in [0.1, 0.15) is 28.9 Å². The van der Waals surface area contributed by atoms with Gasteiger partial charge < -0.3 is 33.1 Å². The van der Waals surface area contributed by atoms with Crippen molar-refractivity contribution < 1.29 is 27.8 Å². The number of aromatic nitrogens is 4. The molecule has 1 N–H and O–H groups in total. The highest BCUT2D eigenvalue weighted by Crippen LogP contribution is 2.46. The molecule has 7 aromatic rings. The minimum absolute atomic E-state index is 0.0612. The summed E-state index contributed by atoms with van der Waals surface area (Å²) in [5.41, 5.74) is 5.82. The standard InChI is InChI=1S/C50H55N5O6Si/c1-49(2,3)62(6,7)61-44-30-42(33-59-50(37-16-12-9-13-17-37,38-19-23-40(56-4)24-20-38)39-21-25-41(57-5)26-22-39)60-47(44)55-46-45(54-48(55)51-31-36-28-29-58-32-36)43(52-34-53-46)27-18-35-14-10-8-11-15-35/h8-29,32,34,42,44,47H,30-31,33H2,1-7H3,(H,51,54)/b27-18+/t42-,44-,47-/m1/s1. The molecule has 1 aliphatic heterocycles. The van der Waals surface area contributed by atoms with Crippen molar-refractivity contribution in [3.05, 3.63) is 168 Å². The van der Waals surface area contributed by atoms with Crippen LogP contribution in [0, 0.1) is 0 Å². The molecule has 0 amide bonds. The van der Waals surface area contributed by atoms with Gasteiger partial charge in [-0.3, -0.25) is 4.57 Å². The summed E-state index contributed by atoms with van der Waals surface area (Å²) in [6.45, 7) is 12.0. The number of imidazole rings is 1. The molecule has 0 saturated carbocycles. The Balaban J connectivity index is 1.22. The predicted molar refractivity (Wildman–Crippen MR) is 246 cm³/mol. The van der Waals surface area contributed by atoms with Crippen LogP contribution in [-0.2, 0) is 26.0 Å². The predicted octanol–water partition coefficient (Wildman–Crippen LogP) is 10.9. The number of rotatable bonds is 16. The molecule has 320 valence electrons. The number of benzene rings is 4. The van der Waals surface area contributed by atoms with E-state index in [1.54, 1.807) is 33.1 Å². The van der Waals surface area contributed by atoms with Gasteiger partial charge in [-0.1, -0.05) is 112 Å². The second-order valence-corrected chi connectivity index (χ2v) is 21.8. The molecule has 0 spiro atoms. The van der Waals surface area contributed by atoms with Crippen LogP contribution in [-0.4, -0.2) is 60.9 Å². The number of furan rings is 1. The third-order valence-corrected chi connectivity index (χ3v) is 16.6. The van der Waals surface area contributed by atoms with Gasteiger partial charge in [0.2, 0.25) is 5.95 Å². The van der Waals surface area contributed by atoms with Crippen molar-refractivity contribution in [2.75, 3.05) is 26.1 Å². The quantitative estimate of drug-likeness (QED) is 0.0744. The van der Waals surface area contributed by atoms with Crippen LogP contribution in [0.25, 0.3) is 23.3 Å². The second kappa shape index (κ2) is 18.1. The second-order valence-electron chi connectivity index (χ2n) is 17.1. The lowest BCUT2D eigenvalue weighted by Crippen LogP contribution is -2.45. The van der Waals surface area contributed by atoms with Crippen LogP contribution in [0.5, 0.6) is 11.5 Å². The number of hydrogen-bond donors (Lipinski definition) is 1. The number of ether oxygens (including phenoxy) is 4. The van der Waals surface area contributed by atoms with Crippen molar-refractivity contribution in [3.63, 3.8) is 0 Å². The molecule has 1 fully saturated rings. The molecule has 8 rings (SSSR count). The number of fused-ring (bicyclic) bond motifs is 1. The van der Waals surface area contributed by atoms with E-state index in [9.17, 15) is 0 Å². The van der Waals surface area contributed by atoms with Crippen molar-refractivity contribution in [3.8, 4) is 11.5 Å². The molecular weight excluding hydrogens is 795 g/mol. The summed E-state index contributed by atoms with van der Waals surface area (Å²) in [6.07, 6.45) is 8.21. The van der Waals surface area contributed by atoms with E-state index in [1.807, 2.05) is 83.4 Å². The molecule has 3 aromatic heterocycles. The maximum absolute atomic E-state index is 7.40. The van der Waals surface area contributed by atoms with E-state index in [4.69, 9.17) is 37.8 Å². The van der Waals surface area contributed by atoms with Crippen molar-refractivity contribution in [2.45, 2.75) is 75.9 Å². The first-order chi connectivity index (χ1) is 30.0.